The molecule has 0 aliphatic rings. The van der Waals surface area contributed by atoms with Crippen LogP contribution >= 0.6 is 22.9 Å². The van der Waals surface area contributed by atoms with Crippen molar-refractivity contribution in [3.8, 4) is 16.3 Å². The summed E-state index contributed by atoms with van der Waals surface area (Å²) in [6, 6.07) is 5.65. The van der Waals surface area contributed by atoms with Crippen molar-refractivity contribution in [2.45, 2.75) is 0 Å². The predicted octanol–water partition coefficient (Wildman–Crippen LogP) is 4.74. The Morgan fingerprint density at radius 2 is 1.90 bits per heavy atom. The number of phenols is 1. The van der Waals surface area contributed by atoms with Gasteiger partial charge in [0.15, 0.2) is 17.4 Å². The number of benzene rings is 2. The summed E-state index contributed by atoms with van der Waals surface area (Å²) in [5.41, 5.74) is 0.208. The molecule has 0 atom stereocenters. The molecule has 0 amide bonds. The molecule has 0 bridgehead atoms. The van der Waals surface area contributed by atoms with Crippen LogP contribution in [0.4, 0.5) is 13.2 Å². The Morgan fingerprint density at radius 1 is 1.15 bits per heavy atom. The van der Waals surface area contributed by atoms with Crippen LogP contribution in [0.15, 0.2) is 24.3 Å². The quantitative estimate of drug-likeness (QED) is 0.658. The van der Waals surface area contributed by atoms with Gasteiger partial charge >= 0.3 is 0 Å². The Bertz CT molecular complexity index is 834. The number of aromatic hydroxyl groups is 1. The molecule has 0 saturated heterocycles. The summed E-state index contributed by atoms with van der Waals surface area (Å²) in [6.07, 6.45) is 0. The molecular formula is C13H5ClF3NOS. The van der Waals surface area contributed by atoms with Gasteiger partial charge in [0.1, 0.15) is 5.01 Å². The molecule has 0 radical (unpaired) electrons. The van der Waals surface area contributed by atoms with Gasteiger partial charge in [0.05, 0.1) is 20.8 Å². The lowest BCUT2D eigenvalue weighted by molar-refractivity contribution is 0.377. The van der Waals surface area contributed by atoms with Crippen LogP contribution in [-0.4, -0.2) is 10.1 Å². The Kier molecular flexibility index (Phi) is 3.07. The standard InChI is InChI=1S/C13H5ClF3NOS/c14-6-2-1-3-8-12(6)20-13(18-8)5-4-7(15)10(17)11(19)9(5)16/h1-4,19H. The molecule has 1 N–H and O–H groups in total. The molecule has 20 heavy (non-hydrogen) atoms. The van der Waals surface area contributed by atoms with E-state index < -0.39 is 23.2 Å². The summed E-state index contributed by atoms with van der Waals surface area (Å²) < 4.78 is 40.8. The second-order valence-corrected chi connectivity index (χ2v) is 5.40. The zero-order chi connectivity index (χ0) is 14.4. The minimum absolute atomic E-state index is 0.111. The SMILES string of the molecule is Oc1c(F)c(F)cc(-c2nc3cccc(Cl)c3s2)c1F. The lowest BCUT2D eigenvalue weighted by atomic mass is 10.2. The van der Waals surface area contributed by atoms with Crippen LogP contribution in [0.2, 0.25) is 5.02 Å². The number of thiazole rings is 1. The maximum atomic E-state index is 13.8. The lowest BCUT2D eigenvalue weighted by Gasteiger charge is -2.03. The van der Waals surface area contributed by atoms with E-state index in [1.165, 1.54) is 0 Å². The highest BCUT2D eigenvalue weighted by molar-refractivity contribution is 7.22. The molecule has 2 nitrogen and oxygen atoms in total. The fraction of sp³-hybridized carbons (Fsp3) is 0. The normalized spacial score (nSPS) is 11.2. The summed E-state index contributed by atoms with van der Waals surface area (Å²) in [6.45, 7) is 0. The topological polar surface area (TPSA) is 33.1 Å². The van der Waals surface area contributed by atoms with E-state index in [0.717, 1.165) is 11.3 Å². The van der Waals surface area contributed by atoms with Crippen LogP contribution in [0.25, 0.3) is 20.8 Å². The monoisotopic (exact) mass is 315 g/mol. The second kappa shape index (κ2) is 4.64. The zero-order valence-corrected chi connectivity index (χ0v) is 11.2. The maximum Gasteiger partial charge on any atom is 0.203 e. The largest absolute Gasteiger partial charge is 0.503 e. The van der Waals surface area contributed by atoms with Crippen LogP contribution in [0, 0.1) is 17.5 Å². The first-order chi connectivity index (χ1) is 9.49. The van der Waals surface area contributed by atoms with Crippen molar-refractivity contribution >= 4 is 33.2 Å². The predicted molar refractivity (Wildman–Crippen MR) is 71.6 cm³/mol. The molecule has 0 unspecified atom stereocenters. The molecule has 0 fully saturated rings. The van der Waals surface area contributed by atoms with E-state index >= 15 is 0 Å². The number of halogens is 4. The summed E-state index contributed by atoms with van der Waals surface area (Å²) in [5, 5.41) is 9.76. The van der Waals surface area contributed by atoms with E-state index in [1.54, 1.807) is 18.2 Å². The molecule has 1 aromatic heterocycles. The highest BCUT2D eigenvalue weighted by Gasteiger charge is 2.21. The van der Waals surface area contributed by atoms with Gasteiger partial charge in [0.2, 0.25) is 5.82 Å². The minimum atomic E-state index is -1.62. The van der Waals surface area contributed by atoms with Gasteiger partial charge in [-0.15, -0.1) is 11.3 Å². The highest BCUT2D eigenvalue weighted by atomic mass is 35.5. The Balaban J connectivity index is 2.29. The first-order valence-corrected chi connectivity index (χ1v) is 6.60. The molecule has 2 aromatic carbocycles. The van der Waals surface area contributed by atoms with E-state index in [2.05, 4.69) is 4.98 Å². The van der Waals surface area contributed by atoms with Gasteiger partial charge in [-0.25, -0.2) is 13.8 Å². The third-order valence-corrected chi connectivity index (χ3v) is 4.30. The fourth-order valence-corrected chi connectivity index (χ4v) is 3.04. The average Bonchev–Trinajstić information content (AvgIpc) is 2.86. The first kappa shape index (κ1) is 13.2. The number of phenolic OH excluding ortho intramolecular Hbond substituents is 1. The number of rotatable bonds is 1. The summed E-state index contributed by atoms with van der Waals surface area (Å²) in [7, 11) is 0. The number of nitrogens with zero attached hydrogens (tertiary/aromatic N) is 1. The Hall–Kier alpha value is -1.79. The molecule has 0 saturated carbocycles. The molecule has 102 valence electrons. The molecule has 0 spiro atoms. The van der Waals surface area contributed by atoms with Crippen molar-refractivity contribution in [1.29, 1.82) is 0 Å². The van der Waals surface area contributed by atoms with Crippen LogP contribution < -0.4 is 0 Å². The summed E-state index contributed by atoms with van der Waals surface area (Å²) >= 11 is 7.01. The molecule has 3 aromatic rings. The van der Waals surface area contributed by atoms with Gasteiger partial charge < -0.3 is 5.11 Å². The van der Waals surface area contributed by atoms with Gasteiger partial charge in [0.25, 0.3) is 0 Å². The van der Waals surface area contributed by atoms with E-state index in [9.17, 15) is 18.3 Å². The van der Waals surface area contributed by atoms with Crippen molar-refractivity contribution in [1.82, 2.24) is 4.98 Å². The smallest absolute Gasteiger partial charge is 0.203 e. The number of hydrogen-bond acceptors (Lipinski definition) is 3. The second-order valence-electron chi connectivity index (χ2n) is 3.99. The molecule has 0 aliphatic heterocycles. The molecule has 1 heterocycles. The van der Waals surface area contributed by atoms with Crippen molar-refractivity contribution in [2.24, 2.45) is 0 Å². The number of aromatic nitrogens is 1. The molecular weight excluding hydrogens is 311 g/mol. The first-order valence-electron chi connectivity index (χ1n) is 5.41. The van der Waals surface area contributed by atoms with Gasteiger partial charge in [-0.1, -0.05) is 17.7 Å². The van der Waals surface area contributed by atoms with E-state index in [4.69, 9.17) is 11.6 Å². The Labute approximate surface area is 120 Å². The van der Waals surface area contributed by atoms with E-state index in [0.29, 0.717) is 21.3 Å². The highest BCUT2D eigenvalue weighted by Crippen LogP contribution is 2.38. The molecule has 0 aliphatic carbocycles. The Morgan fingerprint density at radius 3 is 2.60 bits per heavy atom. The third-order valence-electron chi connectivity index (χ3n) is 2.73. The summed E-state index contributed by atoms with van der Waals surface area (Å²) in [5.74, 6) is -5.57. The van der Waals surface area contributed by atoms with Gasteiger partial charge in [0, 0.05) is 0 Å². The minimum Gasteiger partial charge on any atom is -0.503 e. The van der Waals surface area contributed by atoms with Crippen molar-refractivity contribution in [3.05, 3.63) is 46.7 Å². The summed E-state index contributed by atoms with van der Waals surface area (Å²) in [4.78, 5) is 4.11. The maximum absolute atomic E-state index is 13.8. The number of fused-ring (bicyclic) bond motifs is 1. The third kappa shape index (κ3) is 1.92. The van der Waals surface area contributed by atoms with Gasteiger partial charge in [-0.2, -0.15) is 4.39 Å². The fourth-order valence-electron chi connectivity index (χ4n) is 1.78. The van der Waals surface area contributed by atoms with Gasteiger partial charge in [-0.3, -0.25) is 0 Å². The molecule has 3 rings (SSSR count). The van der Waals surface area contributed by atoms with Crippen molar-refractivity contribution in [3.63, 3.8) is 0 Å². The van der Waals surface area contributed by atoms with E-state index in [1.807, 2.05) is 0 Å². The number of hydrogen-bond donors (Lipinski definition) is 1. The van der Waals surface area contributed by atoms with Crippen LogP contribution in [-0.2, 0) is 0 Å². The average molecular weight is 316 g/mol. The lowest BCUT2D eigenvalue weighted by Crippen LogP contribution is -1.92. The van der Waals surface area contributed by atoms with Crippen LogP contribution in [0.5, 0.6) is 5.75 Å². The molecule has 7 heteroatoms. The van der Waals surface area contributed by atoms with Crippen LogP contribution in [0.1, 0.15) is 0 Å². The van der Waals surface area contributed by atoms with Crippen molar-refractivity contribution < 1.29 is 18.3 Å². The van der Waals surface area contributed by atoms with Gasteiger partial charge in [-0.05, 0) is 18.2 Å². The van der Waals surface area contributed by atoms with Crippen LogP contribution in [0.3, 0.4) is 0 Å². The van der Waals surface area contributed by atoms with E-state index in [-0.39, 0.29) is 10.6 Å². The van der Waals surface area contributed by atoms with Crippen molar-refractivity contribution in [2.75, 3.05) is 0 Å². The zero-order valence-electron chi connectivity index (χ0n) is 9.62.